The molecule has 1 N–H and O–H groups in total. The number of benzene rings is 2. The van der Waals surface area contributed by atoms with Crippen molar-refractivity contribution in [1.82, 2.24) is 25.4 Å². The number of amides is 1. The average molecular weight is 404 g/mol. The molecule has 4 rings (SSSR count). The second-order valence-corrected chi connectivity index (χ2v) is 6.77. The molecule has 2 aromatic carbocycles. The molecule has 30 heavy (non-hydrogen) atoms. The van der Waals surface area contributed by atoms with Crippen molar-refractivity contribution >= 4 is 11.6 Å². The lowest BCUT2D eigenvalue weighted by Crippen LogP contribution is -2.14. The predicted molar refractivity (Wildman–Crippen MR) is 108 cm³/mol. The van der Waals surface area contributed by atoms with Gasteiger partial charge in [0, 0.05) is 5.69 Å². The van der Waals surface area contributed by atoms with Gasteiger partial charge in [-0.3, -0.25) is 4.79 Å². The van der Waals surface area contributed by atoms with E-state index in [2.05, 4.69) is 26.0 Å². The molecule has 0 fully saturated rings. The van der Waals surface area contributed by atoms with Gasteiger partial charge in [-0.1, -0.05) is 23.4 Å². The minimum Gasteiger partial charge on any atom is -0.489 e. The molecule has 0 unspecified atom stereocenters. The van der Waals surface area contributed by atoms with E-state index in [0.29, 0.717) is 18.0 Å². The molecule has 0 aliphatic rings. The zero-order valence-corrected chi connectivity index (χ0v) is 16.6. The van der Waals surface area contributed by atoms with Crippen LogP contribution in [0.2, 0.25) is 0 Å². The molecule has 9 nitrogen and oxygen atoms in total. The normalized spacial score (nSPS) is 10.7. The van der Waals surface area contributed by atoms with Gasteiger partial charge < -0.3 is 14.6 Å². The summed E-state index contributed by atoms with van der Waals surface area (Å²) in [7, 11) is 0. The highest BCUT2D eigenvalue weighted by atomic mass is 16.5. The Labute approximate surface area is 172 Å². The van der Waals surface area contributed by atoms with Gasteiger partial charge in [0.05, 0.1) is 23.4 Å². The van der Waals surface area contributed by atoms with E-state index in [0.717, 1.165) is 28.3 Å². The third-order valence-electron chi connectivity index (χ3n) is 4.60. The predicted octanol–water partition coefficient (Wildman–Crippen LogP) is 3.03. The lowest BCUT2D eigenvalue weighted by atomic mass is 10.1. The second kappa shape index (κ2) is 8.56. The highest BCUT2D eigenvalue weighted by Gasteiger charge is 2.10. The molecule has 1 amide bonds. The van der Waals surface area contributed by atoms with Gasteiger partial charge in [-0.2, -0.15) is 0 Å². The van der Waals surface area contributed by atoms with Gasteiger partial charge in [0.15, 0.2) is 0 Å². The van der Waals surface area contributed by atoms with Crippen LogP contribution < -0.4 is 10.1 Å². The zero-order valence-electron chi connectivity index (χ0n) is 16.6. The van der Waals surface area contributed by atoms with Crippen molar-refractivity contribution in [3.8, 4) is 11.4 Å². The number of carbonyl (C=O) groups excluding carboxylic acids is 1. The van der Waals surface area contributed by atoms with E-state index in [4.69, 9.17) is 9.26 Å². The van der Waals surface area contributed by atoms with Gasteiger partial charge in [0.1, 0.15) is 24.4 Å². The fourth-order valence-corrected chi connectivity index (χ4v) is 2.96. The van der Waals surface area contributed by atoms with Crippen LogP contribution in [0.4, 0.5) is 5.69 Å². The number of hydrogen-bond donors (Lipinski definition) is 1. The van der Waals surface area contributed by atoms with Crippen LogP contribution in [0.1, 0.15) is 22.6 Å². The molecule has 0 saturated heterocycles. The molecule has 0 spiro atoms. The maximum Gasteiger partial charge on any atom is 0.228 e. The van der Waals surface area contributed by atoms with Crippen LogP contribution in [0.25, 0.3) is 5.69 Å². The van der Waals surface area contributed by atoms with E-state index in [1.807, 2.05) is 56.3 Å². The molecule has 0 bridgehead atoms. The number of aromatic nitrogens is 5. The van der Waals surface area contributed by atoms with E-state index in [9.17, 15) is 4.79 Å². The van der Waals surface area contributed by atoms with Crippen LogP contribution >= 0.6 is 0 Å². The first-order chi connectivity index (χ1) is 14.6. The summed E-state index contributed by atoms with van der Waals surface area (Å²) < 4.78 is 12.5. The Bertz CT molecular complexity index is 1120. The van der Waals surface area contributed by atoms with Gasteiger partial charge >= 0.3 is 0 Å². The maximum atomic E-state index is 12.4. The molecule has 9 heteroatoms. The molecule has 152 valence electrons. The summed E-state index contributed by atoms with van der Waals surface area (Å²) in [5.74, 6) is 1.35. The van der Waals surface area contributed by atoms with Crippen molar-refractivity contribution in [2.75, 3.05) is 5.32 Å². The molecular formula is C21H20N6O3. The van der Waals surface area contributed by atoms with Crippen molar-refractivity contribution in [3.63, 3.8) is 0 Å². The molecule has 0 atom stereocenters. The van der Waals surface area contributed by atoms with Gasteiger partial charge in [-0.15, -0.1) is 5.10 Å². The summed E-state index contributed by atoms with van der Waals surface area (Å²) in [5, 5.41) is 17.9. The lowest BCUT2D eigenvalue weighted by Gasteiger charge is -2.09. The van der Waals surface area contributed by atoms with Crippen LogP contribution in [-0.2, 0) is 17.8 Å². The first-order valence-electron chi connectivity index (χ1n) is 9.35. The molecule has 0 saturated carbocycles. The van der Waals surface area contributed by atoms with E-state index in [1.165, 1.54) is 11.0 Å². The fraction of sp³-hybridized carbons (Fsp3) is 0.190. The summed E-state index contributed by atoms with van der Waals surface area (Å²) in [5.41, 5.74) is 4.09. The second-order valence-electron chi connectivity index (χ2n) is 6.77. The Morgan fingerprint density at radius 2 is 2.00 bits per heavy atom. The lowest BCUT2D eigenvalue weighted by molar-refractivity contribution is -0.115. The van der Waals surface area contributed by atoms with Crippen LogP contribution in [0.3, 0.4) is 0 Å². The number of aryl methyl sites for hydroxylation is 2. The van der Waals surface area contributed by atoms with Crippen LogP contribution in [-0.4, -0.2) is 31.3 Å². The Balaban J connectivity index is 1.33. The molecule has 0 aliphatic heterocycles. The molecule has 2 heterocycles. The summed E-state index contributed by atoms with van der Waals surface area (Å²) in [4.78, 5) is 12.4. The number of ether oxygens (including phenoxy) is 1. The Morgan fingerprint density at radius 1 is 1.17 bits per heavy atom. The molecule has 4 aromatic rings. The molecule has 0 aliphatic carbocycles. The van der Waals surface area contributed by atoms with E-state index in [1.54, 1.807) is 6.07 Å². The van der Waals surface area contributed by atoms with E-state index < -0.39 is 0 Å². The highest BCUT2D eigenvalue weighted by molar-refractivity contribution is 5.92. The molecule has 2 aromatic heterocycles. The zero-order chi connectivity index (χ0) is 20.9. The van der Waals surface area contributed by atoms with E-state index >= 15 is 0 Å². The van der Waals surface area contributed by atoms with Crippen molar-refractivity contribution in [3.05, 3.63) is 77.4 Å². The SMILES string of the molecule is Cc1noc(C)c1COc1ccc(CC(=O)Nc2cccc(-n3cnnn3)c2)cc1. The van der Waals surface area contributed by atoms with Gasteiger partial charge in [0.25, 0.3) is 0 Å². The number of anilines is 1. The average Bonchev–Trinajstić information content (AvgIpc) is 3.38. The van der Waals surface area contributed by atoms with Crippen molar-refractivity contribution in [1.29, 1.82) is 0 Å². The van der Waals surface area contributed by atoms with Gasteiger partial charge in [-0.05, 0) is 60.2 Å². The van der Waals surface area contributed by atoms with E-state index in [-0.39, 0.29) is 12.3 Å². The van der Waals surface area contributed by atoms with Crippen molar-refractivity contribution in [2.45, 2.75) is 26.9 Å². The van der Waals surface area contributed by atoms with Crippen molar-refractivity contribution in [2.24, 2.45) is 0 Å². The number of rotatable bonds is 7. The first-order valence-corrected chi connectivity index (χ1v) is 9.35. The quantitative estimate of drug-likeness (QED) is 0.504. The summed E-state index contributed by atoms with van der Waals surface area (Å²) in [6, 6.07) is 14.8. The standard InChI is InChI=1S/C21H20N6O3/c1-14-20(15(2)30-24-14)12-29-19-8-6-16(7-9-19)10-21(28)23-17-4-3-5-18(11-17)27-13-22-25-26-27/h3-9,11,13H,10,12H2,1-2H3,(H,23,28). The minimum absolute atomic E-state index is 0.117. The number of hydrogen-bond acceptors (Lipinski definition) is 7. The number of tetrazole rings is 1. The topological polar surface area (TPSA) is 108 Å². The highest BCUT2D eigenvalue weighted by Crippen LogP contribution is 2.19. The smallest absolute Gasteiger partial charge is 0.228 e. The molecule has 0 radical (unpaired) electrons. The summed E-state index contributed by atoms with van der Waals surface area (Å²) in [6.07, 6.45) is 1.75. The maximum absolute atomic E-state index is 12.4. The van der Waals surface area contributed by atoms with Crippen molar-refractivity contribution < 1.29 is 14.1 Å². The summed E-state index contributed by atoms with van der Waals surface area (Å²) >= 11 is 0. The largest absolute Gasteiger partial charge is 0.489 e. The van der Waals surface area contributed by atoms with Crippen LogP contribution in [0, 0.1) is 13.8 Å². The monoisotopic (exact) mass is 404 g/mol. The Hall–Kier alpha value is -4.01. The third-order valence-corrected chi connectivity index (χ3v) is 4.60. The fourth-order valence-electron chi connectivity index (χ4n) is 2.96. The Kier molecular flexibility index (Phi) is 5.51. The number of nitrogens with zero attached hydrogens (tertiary/aromatic N) is 5. The van der Waals surface area contributed by atoms with Crippen LogP contribution in [0.15, 0.2) is 59.4 Å². The third kappa shape index (κ3) is 4.52. The first kappa shape index (κ1) is 19.3. The number of nitrogens with one attached hydrogen (secondary N) is 1. The number of carbonyl (C=O) groups is 1. The Morgan fingerprint density at radius 3 is 2.70 bits per heavy atom. The van der Waals surface area contributed by atoms with Crippen LogP contribution in [0.5, 0.6) is 5.75 Å². The van der Waals surface area contributed by atoms with Gasteiger partial charge in [-0.25, -0.2) is 4.68 Å². The van der Waals surface area contributed by atoms with Gasteiger partial charge in [0.2, 0.25) is 5.91 Å². The molecular weight excluding hydrogens is 384 g/mol. The summed E-state index contributed by atoms with van der Waals surface area (Å²) in [6.45, 7) is 4.13. The minimum atomic E-state index is -0.117.